The van der Waals surface area contributed by atoms with E-state index >= 15 is 0 Å². The van der Waals surface area contributed by atoms with Crippen molar-refractivity contribution >= 4 is 15.9 Å². The SMILES string of the molecule is CC(C)C1CC(N)(c2ccc(Br)cc2)C1. The van der Waals surface area contributed by atoms with Crippen molar-refractivity contribution in [3.8, 4) is 0 Å². The van der Waals surface area contributed by atoms with Crippen LogP contribution < -0.4 is 5.73 Å². The molecule has 0 amide bonds. The van der Waals surface area contributed by atoms with E-state index < -0.39 is 0 Å². The Morgan fingerprint density at radius 3 is 2.27 bits per heavy atom. The molecule has 82 valence electrons. The fourth-order valence-electron chi connectivity index (χ4n) is 2.36. The highest BCUT2D eigenvalue weighted by atomic mass is 79.9. The predicted molar refractivity (Wildman–Crippen MR) is 67.6 cm³/mol. The summed E-state index contributed by atoms with van der Waals surface area (Å²) in [6.07, 6.45) is 2.26. The molecule has 1 aromatic rings. The lowest BCUT2D eigenvalue weighted by atomic mass is 9.62. The summed E-state index contributed by atoms with van der Waals surface area (Å²) in [5.41, 5.74) is 7.61. The highest BCUT2D eigenvalue weighted by Gasteiger charge is 2.43. The summed E-state index contributed by atoms with van der Waals surface area (Å²) in [5, 5.41) is 0. The number of halogens is 1. The monoisotopic (exact) mass is 267 g/mol. The van der Waals surface area contributed by atoms with Gasteiger partial charge in [-0.1, -0.05) is 41.9 Å². The van der Waals surface area contributed by atoms with Gasteiger partial charge in [-0.05, 0) is 42.4 Å². The first-order valence-electron chi connectivity index (χ1n) is 5.56. The van der Waals surface area contributed by atoms with Gasteiger partial charge in [-0.25, -0.2) is 0 Å². The highest BCUT2D eigenvalue weighted by Crippen LogP contribution is 2.46. The van der Waals surface area contributed by atoms with E-state index in [4.69, 9.17) is 5.73 Å². The molecular weight excluding hydrogens is 250 g/mol. The highest BCUT2D eigenvalue weighted by molar-refractivity contribution is 9.10. The Morgan fingerprint density at radius 2 is 1.80 bits per heavy atom. The number of hydrogen-bond acceptors (Lipinski definition) is 1. The van der Waals surface area contributed by atoms with Gasteiger partial charge in [0.15, 0.2) is 0 Å². The number of benzene rings is 1. The van der Waals surface area contributed by atoms with Crippen molar-refractivity contribution in [1.29, 1.82) is 0 Å². The number of rotatable bonds is 2. The predicted octanol–water partition coefficient (Wildman–Crippen LogP) is 3.67. The third kappa shape index (κ3) is 2.11. The van der Waals surface area contributed by atoms with Crippen molar-refractivity contribution in [2.45, 2.75) is 32.2 Å². The molecule has 0 spiro atoms. The lowest BCUT2D eigenvalue weighted by Crippen LogP contribution is -2.50. The third-order valence-corrected chi connectivity index (χ3v) is 4.14. The van der Waals surface area contributed by atoms with Crippen LogP contribution in [0.2, 0.25) is 0 Å². The van der Waals surface area contributed by atoms with Crippen LogP contribution in [0.15, 0.2) is 28.7 Å². The molecule has 0 heterocycles. The lowest BCUT2D eigenvalue weighted by molar-refractivity contribution is 0.105. The second kappa shape index (κ2) is 3.91. The molecule has 0 aromatic heterocycles. The van der Waals surface area contributed by atoms with Gasteiger partial charge >= 0.3 is 0 Å². The van der Waals surface area contributed by atoms with Gasteiger partial charge in [-0.15, -0.1) is 0 Å². The molecule has 1 nitrogen and oxygen atoms in total. The van der Waals surface area contributed by atoms with Crippen LogP contribution in [0.1, 0.15) is 32.3 Å². The zero-order valence-corrected chi connectivity index (χ0v) is 10.9. The van der Waals surface area contributed by atoms with E-state index in [1.54, 1.807) is 0 Å². The van der Waals surface area contributed by atoms with Crippen molar-refractivity contribution in [2.24, 2.45) is 17.6 Å². The summed E-state index contributed by atoms with van der Waals surface area (Å²) in [6, 6.07) is 8.43. The fourth-order valence-corrected chi connectivity index (χ4v) is 2.63. The zero-order valence-electron chi connectivity index (χ0n) is 9.33. The molecule has 1 aliphatic carbocycles. The third-order valence-electron chi connectivity index (χ3n) is 3.61. The minimum atomic E-state index is -0.0599. The van der Waals surface area contributed by atoms with E-state index in [1.807, 2.05) is 0 Å². The van der Waals surface area contributed by atoms with Gasteiger partial charge in [0.1, 0.15) is 0 Å². The molecule has 1 aromatic carbocycles. The van der Waals surface area contributed by atoms with Gasteiger partial charge in [0.25, 0.3) is 0 Å². The average Bonchev–Trinajstić information content (AvgIpc) is 2.13. The van der Waals surface area contributed by atoms with Crippen LogP contribution >= 0.6 is 15.9 Å². The second-order valence-corrected chi connectivity index (χ2v) is 5.99. The van der Waals surface area contributed by atoms with Crippen molar-refractivity contribution in [1.82, 2.24) is 0 Å². The molecule has 1 fully saturated rings. The molecule has 0 saturated heterocycles. The Hall–Kier alpha value is -0.340. The maximum Gasteiger partial charge on any atom is 0.0415 e. The molecule has 1 aliphatic rings. The van der Waals surface area contributed by atoms with Crippen LogP contribution in [0, 0.1) is 11.8 Å². The molecule has 0 atom stereocenters. The Morgan fingerprint density at radius 1 is 1.27 bits per heavy atom. The molecule has 1 saturated carbocycles. The first kappa shape index (κ1) is 11.2. The molecule has 0 unspecified atom stereocenters. The quantitative estimate of drug-likeness (QED) is 0.870. The largest absolute Gasteiger partial charge is 0.321 e. The van der Waals surface area contributed by atoms with E-state index in [-0.39, 0.29) is 5.54 Å². The minimum absolute atomic E-state index is 0.0599. The summed E-state index contributed by atoms with van der Waals surface area (Å²) in [4.78, 5) is 0. The van der Waals surface area contributed by atoms with E-state index in [2.05, 4.69) is 54.0 Å². The van der Waals surface area contributed by atoms with Crippen LogP contribution in [0.4, 0.5) is 0 Å². The van der Waals surface area contributed by atoms with E-state index in [1.165, 1.54) is 5.56 Å². The fraction of sp³-hybridized carbons (Fsp3) is 0.538. The van der Waals surface area contributed by atoms with Crippen molar-refractivity contribution < 1.29 is 0 Å². The first-order chi connectivity index (χ1) is 7.01. The maximum absolute atomic E-state index is 6.39. The van der Waals surface area contributed by atoms with Crippen LogP contribution in [0.25, 0.3) is 0 Å². The standard InChI is InChI=1S/C13H18BrN/c1-9(2)10-7-13(15,8-10)11-3-5-12(14)6-4-11/h3-6,9-10H,7-8,15H2,1-2H3. The summed E-state index contributed by atoms with van der Waals surface area (Å²) >= 11 is 3.45. The van der Waals surface area contributed by atoms with Crippen LogP contribution in [0.3, 0.4) is 0 Å². The molecule has 2 rings (SSSR count). The van der Waals surface area contributed by atoms with Gasteiger partial charge in [0.2, 0.25) is 0 Å². The molecule has 2 N–H and O–H groups in total. The van der Waals surface area contributed by atoms with E-state index in [9.17, 15) is 0 Å². The van der Waals surface area contributed by atoms with E-state index in [0.29, 0.717) is 0 Å². The summed E-state index contributed by atoms with van der Waals surface area (Å²) in [7, 11) is 0. The maximum atomic E-state index is 6.39. The van der Waals surface area contributed by atoms with Crippen molar-refractivity contribution in [3.05, 3.63) is 34.3 Å². The second-order valence-electron chi connectivity index (χ2n) is 5.08. The van der Waals surface area contributed by atoms with Crippen molar-refractivity contribution in [3.63, 3.8) is 0 Å². The molecule has 0 radical (unpaired) electrons. The summed E-state index contributed by atoms with van der Waals surface area (Å²) in [5.74, 6) is 1.57. The average molecular weight is 268 g/mol. The molecule has 15 heavy (non-hydrogen) atoms. The number of hydrogen-bond donors (Lipinski definition) is 1. The van der Waals surface area contributed by atoms with Gasteiger partial charge in [-0.2, -0.15) is 0 Å². The lowest BCUT2D eigenvalue weighted by Gasteiger charge is -2.47. The van der Waals surface area contributed by atoms with Crippen molar-refractivity contribution in [2.75, 3.05) is 0 Å². The Kier molecular flexibility index (Phi) is 2.91. The minimum Gasteiger partial charge on any atom is -0.321 e. The first-order valence-corrected chi connectivity index (χ1v) is 6.35. The van der Waals surface area contributed by atoms with Gasteiger partial charge in [-0.3, -0.25) is 0 Å². The summed E-state index contributed by atoms with van der Waals surface area (Å²) in [6.45, 7) is 4.57. The molecule has 2 heteroatoms. The smallest absolute Gasteiger partial charge is 0.0415 e. The summed E-state index contributed by atoms with van der Waals surface area (Å²) < 4.78 is 1.12. The van der Waals surface area contributed by atoms with E-state index in [0.717, 1.165) is 29.2 Å². The van der Waals surface area contributed by atoms with Gasteiger partial charge in [0, 0.05) is 10.0 Å². The Balaban J connectivity index is 2.10. The van der Waals surface area contributed by atoms with Crippen LogP contribution in [-0.4, -0.2) is 0 Å². The molecular formula is C13H18BrN. The van der Waals surface area contributed by atoms with Gasteiger partial charge in [0.05, 0.1) is 0 Å². The molecule has 0 bridgehead atoms. The Labute approximate surface area is 100 Å². The number of nitrogens with two attached hydrogens (primary N) is 1. The Bertz CT molecular complexity index is 336. The topological polar surface area (TPSA) is 26.0 Å². The normalized spacial score (nSPS) is 30.3. The van der Waals surface area contributed by atoms with Crippen LogP contribution in [0.5, 0.6) is 0 Å². The van der Waals surface area contributed by atoms with Crippen LogP contribution in [-0.2, 0) is 5.54 Å². The molecule has 0 aliphatic heterocycles. The van der Waals surface area contributed by atoms with Gasteiger partial charge < -0.3 is 5.73 Å². The zero-order chi connectivity index (χ0) is 11.1.